The molecule has 0 unspecified atom stereocenters. The molecule has 0 radical (unpaired) electrons. The number of benzene rings is 1. The number of nitrogens with zero attached hydrogens (tertiary/aromatic N) is 4. The van der Waals surface area contributed by atoms with E-state index in [1.165, 1.54) is 0 Å². The fraction of sp³-hybridized carbons (Fsp3) is 0.133. The highest BCUT2D eigenvalue weighted by molar-refractivity contribution is 5.65. The van der Waals surface area contributed by atoms with Crippen LogP contribution in [0.1, 0.15) is 12.0 Å². The van der Waals surface area contributed by atoms with Crippen molar-refractivity contribution in [1.82, 2.24) is 4.98 Å². The maximum Gasteiger partial charge on any atom is 0.150 e. The fourth-order valence-electron chi connectivity index (χ4n) is 1.83. The van der Waals surface area contributed by atoms with Crippen LogP contribution in [0.25, 0.3) is 0 Å². The van der Waals surface area contributed by atoms with E-state index in [9.17, 15) is 0 Å². The Balaban J connectivity index is 2.44. The molecule has 1 heterocycles. The lowest BCUT2D eigenvalue weighted by atomic mass is 10.2. The van der Waals surface area contributed by atoms with Gasteiger partial charge in [-0.1, -0.05) is 18.2 Å². The maximum atomic E-state index is 9.16. The van der Waals surface area contributed by atoms with E-state index in [1.54, 1.807) is 18.3 Å². The van der Waals surface area contributed by atoms with Crippen molar-refractivity contribution in [3.8, 4) is 12.1 Å². The van der Waals surface area contributed by atoms with Gasteiger partial charge in [-0.3, -0.25) is 0 Å². The van der Waals surface area contributed by atoms with E-state index in [1.807, 2.05) is 35.2 Å². The largest absolute Gasteiger partial charge is 0.324 e. The van der Waals surface area contributed by atoms with E-state index in [-0.39, 0.29) is 0 Å². The van der Waals surface area contributed by atoms with Crippen molar-refractivity contribution in [2.24, 2.45) is 0 Å². The molecule has 0 fully saturated rings. The molecule has 0 aliphatic heterocycles. The van der Waals surface area contributed by atoms with Crippen LogP contribution >= 0.6 is 0 Å². The van der Waals surface area contributed by atoms with Crippen LogP contribution in [0.5, 0.6) is 0 Å². The third-order valence-electron chi connectivity index (χ3n) is 2.68. The molecule has 2 aromatic rings. The summed E-state index contributed by atoms with van der Waals surface area (Å²) in [5.74, 6) is 0.589. The molecule has 0 aliphatic rings. The Kier molecular flexibility index (Phi) is 4.10. The number of pyridine rings is 1. The predicted octanol–water partition coefficient (Wildman–Crippen LogP) is 3.01. The quantitative estimate of drug-likeness (QED) is 0.834. The summed E-state index contributed by atoms with van der Waals surface area (Å²) in [6.07, 6.45) is 2.02. The van der Waals surface area contributed by atoms with Crippen LogP contribution in [0.2, 0.25) is 0 Å². The minimum atomic E-state index is 0.371. The molecule has 4 heteroatoms. The molecule has 0 N–H and O–H groups in total. The lowest BCUT2D eigenvalue weighted by molar-refractivity contribution is 0.924. The van der Waals surface area contributed by atoms with E-state index >= 15 is 0 Å². The third-order valence-corrected chi connectivity index (χ3v) is 2.68. The Morgan fingerprint density at radius 2 is 1.84 bits per heavy atom. The number of aromatic nitrogens is 1. The summed E-state index contributed by atoms with van der Waals surface area (Å²) >= 11 is 0. The zero-order valence-corrected chi connectivity index (χ0v) is 10.3. The van der Waals surface area contributed by atoms with Gasteiger partial charge in [-0.2, -0.15) is 10.5 Å². The molecule has 0 amide bonds. The second kappa shape index (κ2) is 6.18. The highest BCUT2D eigenvalue weighted by Crippen LogP contribution is 2.25. The van der Waals surface area contributed by atoms with Gasteiger partial charge in [0.2, 0.25) is 0 Å². The van der Waals surface area contributed by atoms with Gasteiger partial charge in [0.05, 0.1) is 18.1 Å². The van der Waals surface area contributed by atoms with Gasteiger partial charge in [0.1, 0.15) is 6.07 Å². The Morgan fingerprint density at radius 3 is 2.53 bits per heavy atom. The summed E-state index contributed by atoms with van der Waals surface area (Å²) in [4.78, 5) is 6.16. The second-order valence-corrected chi connectivity index (χ2v) is 3.88. The molecule has 0 spiro atoms. The van der Waals surface area contributed by atoms with Crippen LogP contribution in [-0.2, 0) is 0 Å². The van der Waals surface area contributed by atoms with Gasteiger partial charge >= 0.3 is 0 Å². The SMILES string of the molecule is N#CCCN(c1ccccc1)c1ncccc1C#N. The average molecular weight is 248 g/mol. The highest BCUT2D eigenvalue weighted by Gasteiger charge is 2.13. The number of rotatable bonds is 4. The summed E-state index contributed by atoms with van der Waals surface area (Å²) in [6.45, 7) is 0.506. The Morgan fingerprint density at radius 1 is 1.05 bits per heavy atom. The van der Waals surface area contributed by atoms with Crippen molar-refractivity contribution in [3.63, 3.8) is 0 Å². The van der Waals surface area contributed by atoms with Crippen LogP contribution in [0.3, 0.4) is 0 Å². The lowest BCUT2D eigenvalue weighted by Gasteiger charge is -2.23. The Labute approximate surface area is 112 Å². The smallest absolute Gasteiger partial charge is 0.150 e. The lowest BCUT2D eigenvalue weighted by Crippen LogP contribution is -2.20. The van der Waals surface area contributed by atoms with E-state index in [2.05, 4.69) is 17.1 Å². The fourth-order valence-corrected chi connectivity index (χ4v) is 1.83. The van der Waals surface area contributed by atoms with Gasteiger partial charge < -0.3 is 4.90 Å². The molecule has 1 aromatic heterocycles. The van der Waals surface area contributed by atoms with Crippen LogP contribution in [0.15, 0.2) is 48.7 Å². The number of para-hydroxylation sites is 1. The summed E-state index contributed by atoms with van der Waals surface area (Å²) in [5, 5.41) is 17.9. The molecule has 0 aliphatic carbocycles. The highest BCUT2D eigenvalue weighted by atomic mass is 15.2. The summed E-state index contributed by atoms with van der Waals surface area (Å²) in [7, 11) is 0. The molecule has 0 saturated heterocycles. The van der Waals surface area contributed by atoms with Gasteiger partial charge in [0, 0.05) is 18.4 Å². The van der Waals surface area contributed by atoms with Crippen molar-refractivity contribution in [3.05, 3.63) is 54.2 Å². The number of nitriles is 2. The maximum absolute atomic E-state index is 9.16. The van der Waals surface area contributed by atoms with Crippen LogP contribution in [0.4, 0.5) is 11.5 Å². The second-order valence-electron chi connectivity index (χ2n) is 3.88. The van der Waals surface area contributed by atoms with Gasteiger partial charge in [0.25, 0.3) is 0 Å². The molecule has 0 saturated carbocycles. The molecule has 4 nitrogen and oxygen atoms in total. The first-order valence-corrected chi connectivity index (χ1v) is 5.91. The van der Waals surface area contributed by atoms with Crippen molar-refractivity contribution in [2.75, 3.05) is 11.4 Å². The summed E-state index contributed by atoms with van der Waals surface area (Å²) in [5.41, 5.74) is 1.43. The van der Waals surface area contributed by atoms with Gasteiger partial charge in [-0.05, 0) is 24.3 Å². The molecule has 1 aromatic carbocycles. The van der Waals surface area contributed by atoms with Gasteiger partial charge in [-0.15, -0.1) is 0 Å². The van der Waals surface area contributed by atoms with Gasteiger partial charge in [0.15, 0.2) is 5.82 Å². The molecular formula is C15H12N4. The third kappa shape index (κ3) is 2.88. The Hall–Kier alpha value is -2.85. The van der Waals surface area contributed by atoms with Crippen molar-refractivity contribution in [2.45, 2.75) is 6.42 Å². The van der Waals surface area contributed by atoms with Gasteiger partial charge in [-0.25, -0.2) is 4.98 Å². The standard InChI is InChI=1S/C15H12N4/c16-9-5-11-19(14-7-2-1-3-8-14)15-13(12-17)6-4-10-18-15/h1-4,6-8,10H,5,11H2. The molecule has 0 atom stereocenters. The minimum absolute atomic E-state index is 0.371. The molecular weight excluding hydrogens is 236 g/mol. The topological polar surface area (TPSA) is 63.7 Å². The van der Waals surface area contributed by atoms with E-state index in [0.717, 1.165) is 5.69 Å². The first-order chi connectivity index (χ1) is 9.36. The monoisotopic (exact) mass is 248 g/mol. The van der Waals surface area contributed by atoms with Crippen molar-refractivity contribution in [1.29, 1.82) is 10.5 Å². The zero-order valence-electron chi connectivity index (χ0n) is 10.3. The summed E-state index contributed by atoms with van der Waals surface area (Å²) < 4.78 is 0. The zero-order chi connectivity index (χ0) is 13.5. The van der Waals surface area contributed by atoms with E-state index in [4.69, 9.17) is 10.5 Å². The first-order valence-electron chi connectivity index (χ1n) is 5.91. The number of hydrogen-bond acceptors (Lipinski definition) is 4. The normalized spacial score (nSPS) is 9.37. The summed E-state index contributed by atoms with van der Waals surface area (Å²) in [6, 6.07) is 17.4. The van der Waals surface area contributed by atoms with Crippen LogP contribution in [0, 0.1) is 22.7 Å². The first kappa shape index (κ1) is 12.6. The van der Waals surface area contributed by atoms with Crippen LogP contribution < -0.4 is 4.90 Å². The van der Waals surface area contributed by atoms with Crippen LogP contribution in [-0.4, -0.2) is 11.5 Å². The molecule has 2 rings (SSSR count). The Bertz CT molecular complexity index is 623. The number of anilines is 2. The van der Waals surface area contributed by atoms with Crippen molar-refractivity contribution >= 4 is 11.5 Å². The predicted molar refractivity (Wildman–Crippen MR) is 72.6 cm³/mol. The van der Waals surface area contributed by atoms with Crippen molar-refractivity contribution < 1.29 is 0 Å². The molecule has 0 bridgehead atoms. The average Bonchev–Trinajstić information content (AvgIpc) is 2.49. The van der Waals surface area contributed by atoms with E-state index < -0.39 is 0 Å². The molecule has 19 heavy (non-hydrogen) atoms. The van der Waals surface area contributed by atoms with E-state index in [0.29, 0.717) is 24.3 Å². The minimum Gasteiger partial charge on any atom is -0.324 e. The number of hydrogen-bond donors (Lipinski definition) is 0. The molecule has 92 valence electrons.